The van der Waals surface area contributed by atoms with Gasteiger partial charge in [0.25, 0.3) is 0 Å². The fraction of sp³-hybridized carbons (Fsp3) is 0. The van der Waals surface area contributed by atoms with Crippen molar-refractivity contribution in [1.82, 2.24) is 0 Å². The van der Waals surface area contributed by atoms with Crippen LogP contribution in [0.5, 0.6) is 0 Å². The summed E-state index contributed by atoms with van der Waals surface area (Å²) in [7, 11) is -10.3. The van der Waals surface area contributed by atoms with E-state index in [0.717, 1.165) is 0 Å². The molecule has 0 aromatic rings. The molecule has 0 saturated heterocycles. The summed E-state index contributed by atoms with van der Waals surface area (Å²) >= 11 is -5.38. The summed E-state index contributed by atoms with van der Waals surface area (Å²) in [6.45, 7) is 0. The van der Waals surface area contributed by atoms with E-state index in [1.54, 1.807) is 0 Å². The molecule has 0 unspecified atom stereocenters. The Bertz CT molecular complexity index is 479. The average Bonchev–Trinajstić information content (AvgIpc) is 1.76. The Morgan fingerprint density at radius 3 is 1.31 bits per heavy atom. The van der Waals surface area contributed by atoms with Crippen molar-refractivity contribution in [2.45, 2.75) is 0 Å². The van der Waals surface area contributed by atoms with E-state index in [-0.39, 0.29) is 51.4 Å². The van der Waals surface area contributed by atoms with Crippen molar-refractivity contribution < 1.29 is 115 Å². The predicted octanol–water partition coefficient (Wildman–Crippen LogP) is -5.71. The molecule has 16 heavy (non-hydrogen) atoms. The van der Waals surface area contributed by atoms with Gasteiger partial charge in [-0.15, -0.1) is 0 Å². The molecule has 2 N–H and O–H groups in total. The van der Waals surface area contributed by atoms with Crippen LogP contribution in [-0.4, -0.2) is 30.1 Å². The molecule has 12 nitrogen and oxygen atoms in total. The van der Waals surface area contributed by atoms with E-state index in [9.17, 15) is 21.4 Å². The van der Waals surface area contributed by atoms with Gasteiger partial charge in [-0.25, -0.2) is 8.42 Å². The van der Waals surface area contributed by atoms with Gasteiger partial charge in [0.1, 0.15) is 0 Å². The van der Waals surface area contributed by atoms with Gasteiger partial charge >= 0.3 is 90.4 Å². The molecule has 0 aliphatic rings. The number of rotatable bonds is 3. The van der Waals surface area contributed by atoms with Gasteiger partial charge in [0.05, 0.1) is 0 Å². The Morgan fingerprint density at radius 1 is 1.00 bits per heavy atom. The summed E-state index contributed by atoms with van der Waals surface area (Å²) in [6, 6.07) is 0. The summed E-state index contributed by atoms with van der Waals surface area (Å²) < 4.78 is 93.2. The molecule has 0 heterocycles. The van der Waals surface area contributed by atoms with Crippen molar-refractivity contribution in [2.24, 2.45) is 0 Å². The van der Waals surface area contributed by atoms with Gasteiger partial charge < -0.3 is 4.55 Å². The Hall–Kier alpha value is 1.26. The van der Waals surface area contributed by atoms with Crippen molar-refractivity contribution in [3.63, 3.8) is 0 Å². The molecule has 0 aliphatic heterocycles. The van der Waals surface area contributed by atoms with Crippen LogP contribution in [0.15, 0.2) is 0 Å². The first-order chi connectivity index (χ1) is 6.21. The second-order valence-electron chi connectivity index (χ2n) is 1.37. The molecule has 0 fully saturated rings. The fourth-order valence-corrected chi connectivity index (χ4v) is 0.622. The summed E-state index contributed by atoms with van der Waals surface area (Å²) in [5.74, 6) is 0. The van der Waals surface area contributed by atoms with Gasteiger partial charge in [-0.1, -0.05) is 8.67 Å². The van der Waals surface area contributed by atoms with Gasteiger partial charge in [-0.2, -0.15) is 8.42 Å². The van der Waals surface area contributed by atoms with E-state index in [2.05, 4.69) is 8.67 Å². The summed E-state index contributed by atoms with van der Waals surface area (Å²) in [5, 5.41) is 0. The molecular weight excluding hydrogens is 350 g/mol. The van der Waals surface area contributed by atoms with E-state index in [0.29, 0.717) is 0 Å². The van der Waals surface area contributed by atoms with Gasteiger partial charge in [0.15, 0.2) is 0 Å². The van der Waals surface area contributed by atoms with Gasteiger partial charge in [-0.3, -0.25) is 4.55 Å². The summed E-state index contributed by atoms with van der Waals surface area (Å²) in [6.07, 6.45) is 0. The van der Waals surface area contributed by atoms with Crippen molar-refractivity contribution in [3.8, 4) is 0 Å². The average molecular weight is 352 g/mol. The standard InChI is InChI=1S/K.Mn.H2O8S2.H2O.3O/c;;1-9(2,3)7-8-10(4,5)6;;;;/h;;(H,1,2,3)(H,4,5,6);1H2;;;/q2*+1;;;;;/p-2. The van der Waals surface area contributed by atoms with Crippen LogP contribution < -0.4 is 51.4 Å². The Morgan fingerprint density at radius 2 is 1.25 bits per heavy atom. The first-order valence-corrected chi connectivity index (χ1v) is 6.82. The second-order valence-corrected chi connectivity index (χ2v) is 4.55. The molecule has 0 rings (SSSR count). The minimum atomic E-state index is -5.38. The molecule has 0 saturated carbocycles. The third kappa shape index (κ3) is 45.5. The quantitative estimate of drug-likeness (QED) is 0.160. The van der Waals surface area contributed by atoms with Crippen LogP contribution >= 0.6 is 0 Å². The van der Waals surface area contributed by atoms with E-state index < -0.39 is 33.8 Å². The fourth-order valence-electron chi connectivity index (χ4n) is 0.0691. The van der Waals surface area contributed by atoms with Crippen LogP contribution in [0.25, 0.3) is 0 Å². The zero-order chi connectivity index (χ0) is 12.9. The zero-order valence-electron chi connectivity index (χ0n) is 7.17. The maximum absolute atomic E-state index is 9.48. The molecule has 0 amide bonds. The molecule has 0 spiro atoms. The van der Waals surface area contributed by atoms with Gasteiger partial charge in [0.2, 0.25) is 10.4 Å². The molecule has 94 valence electrons. The normalized spacial score (nSPS) is 11.9. The molecule has 0 aromatic heterocycles. The first kappa shape index (κ1) is 22.4. The predicted molar refractivity (Wildman–Crippen MR) is 27.7 cm³/mol. The van der Waals surface area contributed by atoms with Gasteiger partial charge in [0, 0.05) is 0 Å². The van der Waals surface area contributed by atoms with Crippen LogP contribution in [-0.2, 0) is 53.9 Å². The van der Waals surface area contributed by atoms with E-state index in [4.69, 9.17) is 20.2 Å². The Labute approximate surface area is 133 Å². The van der Waals surface area contributed by atoms with Crippen LogP contribution in [0.3, 0.4) is 0 Å². The number of hydrogen-bond acceptors (Lipinski definition) is 10. The molecule has 0 aliphatic carbocycles. The monoisotopic (exact) mass is 352 g/mol. The third-order valence-corrected chi connectivity index (χ3v) is 0.758. The van der Waals surface area contributed by atoms with E-state index >= 15 is 0 Å². The van der Waals surface area contributed by atoms with Crippen LogP contribution in [0.2, 0.25) is 0 Å². The second kappa shape index (κ2) is 8.37. The van der Waals surface area contributed by atoms with Gasteiger partial charge in [-0.05, 0) is 0 Å². The maximum atomic E-state index is 9.48. The zero-order valence-corrected chi connectivity index (χ0v) is 13.1. The molecule has 0 radical (unpaired) electrons. The topological polar surface area (TPSA) is 201 Å². The molecular formula is H2KMnO12S2. The van der Waals surface area contributed by atoms with Crippen molar-refractivity contribution in [1.29, 1.82) is 0 Å². The van der Waals surface area contributed by atoms with E-state index in [1.165, 1.54) is 0 Å². The van der Waals surface area contributed by atoms with E-state index in [1.807, 2.05) is 0 Å². The SMILES string of the molecule is O=S(=O)([O-])OOS(=O)(=O)O.[K+].[O]=[Mn](=[O])(=[O])[OH]. The van der Waals surface area contributed by atoms with Crippen LogP contribution in [0, 0.1) is 0 Å². The molecule has 0 atom stereocenters. The first-order valence-electron chi connectivity index (χ1n) is 2.15. The molecule has 0 aromatic carbocycles. The third-order valence-electron chi connectivity index (χ3n) is 0.197. The van der Waals surface area contributed by atoms with Crippen molar-refractivity contribution in [2.75, 3.05) is 0 Å². The minimum absolute atomic E-state index is 0. The molecule has 0 bridgehead atoms. The number of hydrogen-bond donors (Lipinski definition) is 2. The van der Waals surface area contributed by atoms with Crippen molar-refractivity contribution in [3.05, 3.63) is 0 Å². The Balaban J connectivity index is -0.000000242. The molecule has 16 heteroatoms. The van der Waals surface area contributed by atoms with Crippen molar-refractivity contribution >= 4 is 20.8 Å². The Kier molecular flexibility index (Phi) is 11.7. The van der Waals surface area contributed by atoms with Crippen LogP contribution in [0.4, 0.5) is 0 Å². The summed E-state index contributed by atoms with van der Waals surface area (Å²) in [5.41, 5.74) is 0. The summed E-state index contributed by atoms with van der Waals surface area (Å²) in [4.78, 5) is 0. The van der Waals surface area contributed by atoms with Crippen LogP contribution in [0.1, 0.15) is 0 Å².